The zero-order valence-electron chi connectivity index (χ0n) is 12.3. The van der Waals surface area contributed by atoms with Crippen LogP contribution >= 0.6 is 0 Å². The normalized spacial score (nSPS) is 18.1. The first-order valence-corrected chi connectivity index (χ1v) is 7.30. The van der Waals surface area contributed by atoms with Crippen molar-refractivity contribution in [3.8, 4) is 0 Å². The van der Waals surface area contributed by atoms with Gasteiger partial charge in [-0.1, -0.05) is 39.5 Å². The van der Waals surface area contributed by atoms with Gasteiger partial charge in [0.2, 0.25) is 0 Å². The summed E-state index contributed by atoms with van der Waals surface area (Å²) in [5, 5.41) is 0. The number of unbranched alkanes of at least 4 members (excludes halogenated alkanes) is 3. The molecule has 1 saturated heterocycles. The van der Waals surface area contributed by atoms with Crippen LogP contribution in [0.25, 0.3) is 0 Å². The summed E-state index contributed by atoms with van der Waals surface area (Å²) in [6.45, 7) is 9.09. The molecule has 2 heterocycles. The summed E-state index contributed by atoms with van der Waals surface area (Å²) in [6.07, 6.45) is 8.06. The van der Waals surface area contributed by atoms with E-state index in [2.05, 4.69) is 35.7 Å². The van der Waals surface area contributed by atoms with Crippen molar-refractivity contribution in [1.82, 2.24) is 9.80 Å². The minimum atomic E-state index is 0. The van der Waals surface area contributed by atoms with E-state index in [1.807, 2.05) is 0 Å². The van der Waals surface area contributed by atoms with Crippen LogP contribution in [-0.4, -0.2) is 49.0 Å². The molecule has 0 bridgehead atoms. The summed E-state index contributed by atoms with van der Waals surface area (Å²) in [6, 6.07) is 0. The molecule has 1 fully saturated rings. The Kier molecular flexibility index (Phi) is 10.8. The van der Waals surface area contributed by atoms with Crippen LogP contribution in [0.3, 0.4) is 0 Å². The third-order valence-corrected chi connectivity index (χ3v) is 3.34. The Bertz CT molecular complexity index is 227. The van der Waals surface area contributed by atoms with E-state index in [-0.39, 0.29) is 21.1 Å². The van der Waals surface area contributed by atoms with Gasteiger partial charge in [0.05, 0.1) is 0 Å². The Morgan fingerprint density at radius 1 is 1.00 bits per heavy atom. The van der Waals surface area contributed by atoms with Crippen molar-refractivity contribution in [2.45, 2.75) is 52.4 Å². The molecule has 3 nitrogen and oxygen atoms in total. The molecule has 0 aromatic heterocycles. The van der Waals surface area contributed by atoms with Gasteiger partial charge in [0.15, 0.2) is 5.96 Å². The third kappa shape index (κ3) is 6.22. The Labute approximate surface area is 127 Å². The van der Waals surface area contributed by atoms with Crippen LogP contribution in [0, 0.1) is 0 Å². The van der Waals surface area contributed by atoms with Crippen molar-refractivity contribution < 1.29 is 21.1 Å². The summed E-state index contributed by atoms with van der Waals surface area (Å²) >= 11 is 0. The van der Waals surface area contributed by atoms with Gasteiger partial charge < -0.3 is 9.80 Å². The van der Waals surface area contributed by atoms with E-state index in [4.69, 9.17) is 0 Å². The van der Waals surface area contributed by atoms with Gasteiger partial charge in [-0.15, -0.1) is 0 Å². The van der Waals surface area contributed by atoms with Gasteiger partial charge in [-0.05, 0) is 12.8 Å². The monoisotopic (exact) mass is 423 g/mol. The van der Waals surface area contributed by atoms with Crippen molar-refractivity contribution in [2.75, 3.05) is 33.2 Å². The van der Waals surface area contributed by atoms with E-state index in [9.17, 15) is 0 Å². The average Bonchev–Trinajstić information content (AvgIpc) is 2.38. The second kappa shape index (κ2) is 10.8. The molecule has 0 aromatic carbocycles. The molecule has 0 spiro atoms. The van der Waals surface area contributed by atoms with E-state index in [0.29, 0.717) is 0 Å². The molecule has 18 heavy (non-hydrogen) atoms. The Balaban J connectivity index is 0.000000362. The maximum absolute atomic E-state index is 4.50. The fraction of sp³-hybridized carbons (Fsp3) is 0.929. The van der Waals surface area contributed by atoms with Crippen molar-refractivity contribution >= 4 is 5.96 Å². The fourth-order valence-electron chi connectivity index (χ4n) is 2.31. The summed E-state index contributed by atoms with van der Waals surface area (Å²) in [7, 11) is 2.14. The van der Waals surface area contributed by atoms with Crippen molar-refractivity contribution in [2.24, 2.45) is 4.99 Å². The molecule has 0 unspecified atom stereocenters. The minimum absolute atomic E-state index is 0. The predicted octanol–water partition coefficient (Wildman–Crippen LogP) is 2.97. The number of rotatable bonds is 3. The van der Waals surface area contributed by atoms with Crippen LogP contribution in [0.4, 0.5) is 0 Å². The molecule has 0 saturated carbocycles. The molecule has 0 aromatic rings. The molecule has 0 N–H and O–H groups in total. The second-order valence-corrected chi connectivity index (χ2v) is 5.00. The number of fused-ring (bicyclic) bond motifs is 1. The van der Waals surface area contributed by atoms with E-state index in [0.717, 1.165) is 6.54 Å². The van der Waals surface area contributed by atoms with Crippen LogP contribution in [0.15, 0.2) is 4.99 Å². The maximum atomic E-state index is 4.50. The van der Waals surface area contributed by atoms with E-state index < -0.39 is 0 Å². The Morgan fingerprint density at radius 3 is 2.17 bits per heavy atom. The molecule has 0 amide bonds. The SMILES string of the molecule is CCCCCC.CN1CCCN2CCCN=C12.[W]. The van der Waals surface area contributed by atoms with Crippen LogP contribution in [0.5, 0.6) is 0 Å². The molecule has 0 radical (unpaired) electrons. The van der Waals surface area contributed by atoms with Crippen LogP contribution < -0.4 is 0 Å². The average molecular weight is 423 g/mol. The summed E-state index contributed by atoms with van der Waals surface area (Å²) in [5.41, 5.74) is 0. The van der Waals surface area contributed by atoms with Gasteiger partial charge in [-0.2, -0.15) is 0 Å². The van der Waals surface area contributed by atoms with Gasteiger partial charge in [-0.25, -0.2) is 0 Å². The number of guanidine groups is 1. The molecule has 0 aliphatic carbocycles. The van der Waals surface area contributed by atoms with Gasteiger partial charge in [-0.3, -0.25) is 4.99 Å². The molecule has 106 valence electrons. The first kappa shape index (κ1) is 18.0. The Morgan fingerprint density at radius 2 is 1.61 bits per heavy atom. The zero-order valence-corrected chi connectivity index (χ0v) is 15.3. The molecular formula is C14H29N3W. The first-order chi connectivity index (χ1) is 8.29. The molecule has 2 aliphatic heterocycles. The topological polar surface area (TPSA) is 18.8 Å². The molecule has 4 heteroatoms. The first-order valence-electron chi connectivity index (χ1n) is 7.30. The number of hydrogen-bond donors (Lipinski definition) is 0. The van der Waals surface area contributed by atoms with Crippen molar-refractivity contribution in [3.05, 3.63) is 0 Å². The summed E-state index contributed by atoms with van der Waals surface area (Å²) < 4.78 is 0. The van der Waals surface area contributed by atoms with Crippen molar-refractivity contribution in [1.29, 1.82) is 0 Å². The third-order valence-electron chi connectivity index (χ3n) is 3.34. The summed E-state index contributed by atoms with van der Waals surface area (Å²) in [5.74, 6) is 1.22. The van der Waals surface area contributed by atoms with Crippen molar-refractivity contribution in [3.63, 3.8) is 0 Å². The molecular weight excluding hydrogens is 394 g/mol. The van der Waals surface area contributed by atoms with Gasteiger partial charge in [0.1, 0.15) is 0 Å². The number of aliphatic imine (C=N–C) groups is 1. The number of hydrogen-bond acceptors (Lipinski definition) is 3. The summed E-state index contributed by atoms with van der Waals surface area (Å²) in [4.78, 5) is 9.16. The largest absolute Gasteiger partial charge is 0.346 e. The smallest absolute Gasteiger partial charge is 0.196 e. The van der Waals surface area contributed by atoms with Gasteiger partial charge in [0, 0.05) is 54.3 Å². The molecule has 0 atom stereocenters. The standard InChI is InChI=1S/C8H15N3.C6H14.W/c1-10-5-3-7-11-6-2-4-9-8(10)11;1-3-5-6-4-2;/h2-7H2,1H3;3-6H2,1-2H3;. The second-order valence-electron chi connectivity index (χ2n) is 5.00. The minimum Gasteiger partial charge on any atom is -0.346 e. The van der Waals surface area contributed by atoms with Crippen LogP contribution in [-0.2, 0) is 21.1 Å². The van der Waals surface area contributed by atoms with E-state index in [1.54, 1.807) is 0 Å². The van der Waals surface area contributed by atoms with Gasteiger partial charge in [0.25, 0.3) is 0 Å². The fourth-order valence-corrected chi connectivity index (χ4v) is 2.31. The zero-order chi connectivity index (χ0) is 12.5. The number of nitrogens with zero attached hydrogens (tertiary/aromatic N) is 3. The Hall–Kier alpha value is -0.0417. The molecule has 2 rings (SSSR count). The predicted molar refractivity (Wildman–Crippen MR) is 75.6 cm³/mol. The quantitative estimate of drug-likeness (QED) is 0.651. The van der Waals surface area contributed by atoms with Gasteiger partial charge >= 0.3 is 0 Å². The van der Waals surface area contributed by atoms with Crippen LogP contribution in [0.2, 0.25) is 0 Å². The van der Waals surface area contributed by atoms with E-state index >= 15 is 0 Å². The molecule has 2 aliphatic rings. The van der Waals surface area contributed by atoms with Crippen LogP contribution in [0.1, 0.15) is 52.4 Å². The van der Waals surface area contributed by atoms with E-state index in [1.165, 1.54) is 64.1 Å². The maximum Gasteiger partial charge on any atom is 0.196 e.